The number of hydrogen-bond donors (Lipinski definition) is 0. The number of allylic oxidation sites excluding steroid dienone is 1. The predicted octanol–water partition coefficient (Wildman–Crippen LogP) is 39.0. The third kappa shape index (κ3) is 16.2. The quantitative estimate of drug-likeness (QED) is 0.108. The van der Waals surface area contributed by atoms with Crippen LogP contribution in [0.3, 0.4) is 0 Å². The van der Waals surface area contributed by atoms with Crippen LogP contribution < -0.4 is 0 Å². The summed E-state index contributed by atoms with van der Waals surface area (Å²) >= 11 is 11.4. The van der Waals surface area contributed by atoms with E-state index in [1.807, 2.05) is 45.3 Å². The van der Waals surface area contributed by atoms with Gasteiger partial charge in [-0.15, -0.1) is 45.3 Å². The van der Waals surface area contributed by atoms with Gasteiger partial charge in [-0.2, -0.15) is 0 Å². The van der Waals surface area contributed by atoms with Crippen molar-refractivity contribution >= 4 is 158 Å². The Balaban J connectivity index is 0.000000131. The standard InChI is InChI=1S/C62H39NS2.C33H24.C30H17BrS2.2CH4.FH/c1-3-13-40(14-4-1)42-25-27-44(28-26-42)46-33-34-58-56(38-46)57(45-31-29-43(30-32-45)41-15-5-2-6-16-41)39-63(58)49-36-47(50-19-11-21-54-52-17-7-9-23-59(52)64-61(50)54)35-48(37-49)51-20-12-22-55-53-18-8-10-24-60(53)65-62(51)55;1-3-7-24(8-4-1)26-11-13-28(14-12-26)31-20-19-30-21-22-32(33(30)23-31)29-17-15-27(16-18-29)25-9-5-2-6-10-25;31-20-16-18(21-9-5-11-25-23-7-1-3-13-27(23)32-29(21)25)15-19(17-20)22-10-6-12-26-24-8-2-4-14-28(24)33-30(22)26;;;/h1-39H;1-20,22-23H,21H2;1-17H;2*1H4;1H. The Morgan fingerprint density at radius 2 is 0.485 bits per heavy atom. The second-order valence-electron chi connectivity index (χ2n) is 33.7. The van der Waals surface area contributed by atoms with E-state index in [0.717, 1.165) is 16.6 Å². The van der Waals surface area contributed by atoms with Crippen molar-refractivity contribution in [2.75, 3.05) is 0 Å². The normalized spacial score (nSPS) is 11.6. The number of fused-ring (bicyclic) bond motifs is 14. The van der Waals surface area contributed by atoms with E-state index in [1.54, 1.807) is 0 Å². The minimum absolute atomic E-state index is 0. The van der Waals surface area contributed by atoms with Gasteiger partial charge in [-0.1, -0.05) is 419 Å². The fourth-order valence-corrected chi connectivity index (χ4v) is 24.9. The predicted molar refractivity (Wildman–Crippen MR) is 588 cm³/mol. The van der Waals surface area contributed by atoms with Gasteiger partial charge in [0.1, 0.15) is 0 Å². The molecule has 0 unspecified atom stereocenters. The highest BCUT2D eigenvalue weighted by Crippen LogP contribution is 2.50. The topological polar surface area (TPSA) is 4.93 Å². The first-order valence-electron chi connectivity index (χ1n) is 44.5. The van der Waals surface area contributed by atoms with Gasteiger partial charge in [-0.05, 0) is 224 Å². The van der Waals surface area contributed by atoms with Gasteiger partial charge in [-0.25, -0.2) is 0 Å². The van der Waals surface area contributed by atoms with Crippen LogP contribution in [0.15, 0.2) is 478 Å². The van der Waals surface area contributed by atoms with Crippen molar-refractivity contribution < 1.29 is 4.70 Å². The first-order chi connectivity index (χ1) is 64.8. The van der Waals surface area contributed by atoms with E-state index < -0.39 is 0 Å². The van der Waals surface area contributed by atoms with Gasteiger partial charge in [0.2, 0.25) is 0 Å². The zero-order valence-electron chi connectivity index (χ0n) is 71.6. The summed E-state index contributed by atoms with van der Waals surface area (Å²) in [6, 6.07) is 168. The highest BCUT2D eigenvalue weighted by atomic mass is 79.9. The monoisotopic (exact) mass is 1850 g/mol. The van der Waals surface area contributed by atoms with Crippen molar-refractivity contribution in [2.24, 2.45) is 0 Å². The molecule has 640 valence electrons. The molecule has 5 aromatic heterocycles. The molecular formula is C127H89BrFNS4. The molecule has 1 aliphatic rings. The summed E-state index contributed by atoms with van der Waals surface area (Å²) in [4.78, 5) is 0. The lowest BCUT2D eigenvalue weighted by atomic mass is 9.93. The molecule has 0 atom stereocenters. The maximum absolute atomic E-state index is 3.81. The minimum atomic E-state index is 0. The number of aromatic nitrogens is 1. The summed E-state index contributed by atoms with van der Waals surface area (Å²) in [6.45, 7) is 0. The van der Waals surface area contributed by atoms with E-state index in [1.165, 1.54) is 236 Å². The lowest BCUT2D eigenvalue weighted by molar-refractivity contribution is 1.11. The largest absolute Gasteiger partial charge is 0.316 e. The van der Waals surface area contributed by atoms with Crippen LogP contribution in [-0.4, -0.2) is 4.57 Å². The van der Waals surface area contributed by atoms with E-state index in [2.05, 4.69) is 494 Å². The third-order valence-corrected chi connectivity index (χ3v) is 31.3. The maximum Gasteiger partial charge on any atom is 0.0535 e. The van der Waals surface area contributed by atoms with Crippen molar-refractivity contribution in [3.63, 3.8) is 0 Å². The molecule has 26 rings (SSSR count). The lowest BCUT2D eigenvalue weighted by Crippen LogP contribution is -1.95. The van der Waals surface area contributed by atoms with E-state index in [9.17, 15) is 0 Å². The molecule has 0 radical (unpaired) electrons. The number of rotatable bonds is 13. The molecule has 25 aromatic rings. The van der Waals surface area contributed by atoms with Gasteiger partial charge in [0.05, 0.1) is 5.52 Å². The van der Waals surface area contributed by atoms with E-state index >= 15 is 0 Å². The molecule has 0 spiro atoms. The van der Waals surface area contributed by atoms with Crippen LogP contribution in [0.25, 0.3) is 225 Å². The van der Waals surface area contributed by atoms with Crippen LogP contribution in [-0.2, 0) is 6.42 Å². The summed E-state index contributed by atoms with van der Waals surface area (Å²) in [7, 11) is 0. The molecule has 134 heavy (non-hydrogen) atoms. The van der Waals surface area contributed by atoms with Crippen molar-refractivity contribution in [1.82, 2.24) is 4.57 Å². The smallest absolute Gasteiger partial charge is 0.0535 e. The van der Waals surface area contributed by atoms with E-state index in [4.69, 9.17) is 0 Å². The molecule has 0 N–H and O–H groups in total. The molecule has 7 heteroatoms. The molecule has 5 heterocycles. The van der Waals surface area contributed by atoms with Crippen LogP contribution >= 0.6 is 61.3 Å². The fraction of sp³-hybridized carbons (Fsp3) is 0.0236. The van der Waals surface area contributed by atoms with Crippen LogP contribution in [0.5, 0.6) is 0 Å². The summed E-state index contributed by atoms with van der Waals surface area (Å²) in [5, 5.41) is 11.8. The van der Waals surface area contributed by atoms with Gasteiger partial charge in [0, 0.05) is 108 Å². The number of halogens is 2. The molecule has 1 nitrogen and oxygen atoms in total. The average Bonchev–Trinajstić information content (AvgIpc) is 1.60. The van der Waals surface area contributed by atoms with Gasteiger partial charge in [0.25, 0.3) is 0 Å². The van der Waals surface area contributed by atoms with Gasteiger partial charge >= 0.3 is 0 Å². The first kappa shape index (κ1) is 85.7. The Morgan fingerprint density at radius 3 is 0.851 bits per heavy atom. The van der Waals surface area contributed by atoms with Crippen LogP contribution in [0.4, 0.5) is 4.70 Å². The summed E-state index contributed by atoms with van der Waals surface area (Å²) in [5.41, 5.74) is 34.8. The average molecular weight is 1860 g/mol. The van der Waals surface area contributed by atoms with E-state index in [-0.39, 0.29) is 19.6 Å². The highest BCUT2D eigenvalue weighted by Gasteiger charge is 2.23. The lowest BCUT2D eigenvalue weighted by Gasteiger charge is -2.14. The third-order valence-electron chi connectivity index (χ3n) is 25.9. The Labute approximate surface area is 804 Å². The summed E-state index contributed by atoms with van der Waals surface area (Å²) in [5.74, 6) is 0. The van der Waals surface area contributed by atoms with Crippen molar-refractivity contribution in [1.29, 1.82) is 0 Å². The molecule has 0 bridgehead atoms. The van der Waals surface area contributed by atoms with Crippen LogP contribution in [0.1, 0.15) is 31.5 Å². The number of benzene rings is 20. The van der Waals surface area contributed by atoms with Gasteiger partial charge in [0.15, 0.2) is 0 Å². The van der Waals surface area contributed by atoms with Crippen molar-refractivity contribution in [3.8, 4) is 128 Å². The van der Waals surface area contributed by atoms with Gasteiger partial charge < -0.3 is 4.57 Å². The summed E-state index contributed by atoms with van der Waals surface area (Å²) in [6.07, 6.45) is 5.73. The maximum atomic E-state index is 3.81. The molecule has 0 aliphatic heterocycles. The Kier molecular flexibility index (Phi) is 23.6. The first-order valence-corrected chi connectivity index (χ1v) is 48.6. The Hall–Kier alpha value is -15.0. The fourth-order valence-electron chi connectivity index (χ4n) is 19.4. The summed E-state index contributed by atoms with van der Waals surface area (Å²) < 4.78 is 14.2. The van der Waals surface area contributed by atoms with Gasteiger partial charge in [-0.3, -0.25) is 4.70 Å². The van der Waals surface area contributed by atoms with Crippen molar-refractivity contribution in [2.45, 2.75) is 21.3 Å². The molecule has 1 aliphatic carbocycles. The highest BCUT2D eigenvalue weighted by molar-refractivity contribution is 9.10. The Bertz CT molecular complexity index is 8440. The molecule has 20 aromatic carbocycles. The second-order valence-corrected chi connectivity index (χ2v) is 38.9. The molecule has 0 fully saturated rings. The molecule has 0 amide bonds. The molecule has 0 saturated heterocycles. The molecule has 0 saturated carbocycles. The van der Waals surface area contributed by atoms with Crippen LogP contribution in [0.2, 0.25) is 0 Å². The van der Waals surface area contributed by atoms with Crippen LogP contribution in [0, 0.1) is 0 Å². The Morgan fingerprint density at radius 1 is 0.201 bits per heavy atom. The zero-order valence-corrected chi connectivity index (χ0v) is 76.5. The zero-order chi connectivity index (χ0) is 86.8. The van der Waals surface area contributed by atoms with Crippen molar-refractivity contribution in [3.05, 3.63) is 494 Å². The second kappa shape index (κ2) is 37.0. The van der Waals surface area contributed by atoms with E-state index in [0.29, 0.717) is 0 Å². The number of nitrogens with zero attached hydrogens (tertiary/aromatic N) is 1. The molecular weight excluding hydrogens is 1770 g/mol. The number of hydrogen-bond acceptors (Lipinski definition) is 4. The SMILES string of the molecule is Brc1cc(-c2cccc3c2sc2ccccc23)cc(-c2cccc3c2sc2ccccc23)c1.C.C.C1=C(c2ccc(-c3ccccc3)cc2)c2cc(-c3ccc(-c4ccccc4)cc3)ccc2C1.F.c1ccc(-c2ccc(-c3ccc4c(c3)c(-c3ccc(-c5ccccc5)cc3)cn4-c3cc(-c4cccc5c4sc4ccccc45)cc(-c4cccc5c4sc4ccccc45)c3)cc2)cc1. The minimum Gasteiger partial charge on any atom is -0.316 e. The number of thiophene rings is 4.